The summed E-state index contributed by atoms with van der Waals surface area (Å²) in [6.45, 7) is 1.11. The molecule has 0 radical (unpaired) electrons. The molecule has 1 N–H and O–H groups in total. The fourth-order valence-electron chi connectivity index (χ4n) is 2.51. The smallest absolute Gasteiger partial charge is 0.261 e. The molecule has 1 heterocycles. The molecule has 9 heteroatoms. The van der Waals surface area contributed by atoms with Crippen LogP contribution in [-0.2, 0) is 24.8 Å². The summed E-state index contributed by atoms with van der Waals surface area (Å²) in [5.41, 5.74) is 0.0258. The summed E-state index contributed by atoms with van der Waals surface area (Å²) in [7, 11) is -7.71. The van der Waals surface area contributed by atoms with Gasteiger partial charge in [0, 0.05) is 13.1 Å². The monoisotopic (exact) mass is 382 g/mol. The topological polar surface area (TPSA) is 92.8 Å². The Kier molecular flexibility index (Phi) is 5.09. The molecule has 1 saturated heterocycles. The van der Waals surface area contributed by atoms with Crippen molar-refractivity contribution in [3.63, 3.8) is 0 Å². The first-order chi connectivity index (χ1) is 11.9. The van der Waals surface area contributed by atoms with Gasteiger partial charge in [-0.25, -0.2) is 16.8 Å². The number of hydrogen-bond donors (Lipinski definition) is 1. The number of nitrogens with one attached hydrogen (secondary N) is 1. The van der Waals surface area contributed by atoms with E-state index in [1.807, 2.05) is 0 Å². The number of para-hydroxylation sites is 1. The molecule has 0 atom stereocenters. The first-order valence-electron chi connectivity index (χ1n) is 7.66. The van der Waals surface area contributed by atoms with Crippen molar-refractivity contribution in [2.24, 2.45) is 0 Å². The maximum Gasteiger partial charge on any atom is 0.261 e. The Bertz CT molecular complexity index is 938. The lowest BCUT2D eigenvalue weighted by atomic mass is 10.3. The molecule has 2 aromatic carbocycles. The van der Waals surface area contributed by atoms with Crippen LogP contribution < -0.4 is 4.72 Å². The molecule has 0 amide bonds. The van der Waals surface area contributed by atoms with Crippen LogP contribution in [0.1, 0.15) is 0 Å². The number of anilines is 1. The van der Waals surface area contributed by atoms with E-state index in [2.05, 4.69) is 4.72 Å². The summed E-state index contributed by atoms with van der Waals surface area (Å²) in [5, 5.41) is 0. The molecular weight excluding hydrogens is 364 g/mol. The van der Waals surface area contributed by atoms with E-state index in [4.69, 9.17) is 4.74 Å². The van der Waals surface area contributed by atoms with Gasteiger partial charge in [-0.05, 0) is 24.3 Å². The van der Waals surface area contributed by atoms with Gasteiger partial charge in [0.1, 0.15) is 4.90 Å². The van der Waals surface area contributed by atoms with E-state index >= 15 is 0 Å². The van der Waals surface area contributed by atoms with Gasteiger partial charge >= 0.3 is 0 Å². The number of sulfonamides is 2. The average molecular weight is 382 g/mol. The Hall–Kier alpha value is -1.94. The van der Waals surface area contributed by atoms with Crippen LogP contribution in [0.15, 0.2) is 64.4 Å². The first kappa shape index (κ1) is 17.9. The minimum absolute atomic E-state index is 0.0258. The first-order valence-corrected chi connectivity index (χ1v) is 10.6. The normalized spacial score (nSPS) is 16.5. The van der Waals surface area contributed by atoms with Gasteiger partial charge in [0.15, 0.2) is 0 Å². The van der Waals surface area contributed by atoms with Crippen LogP contribution in [0.4, 0.5) is 5.69 Å². The van der Waals surface area contributed by atoms with E-state index in [0.29, 0.717) is 13.2 Å². The minimum Gasteiger partial charge on any atom is -0.379 e. The van der Waals surface area contributed by atoms with Crippen LogP contribution in [-0.4, -0.2) is 47.4 Å². The summed E-state index contributed by atoms with van der Waals surface area (Å²) in [4.78, 5) is -0.00928. The molecule has 25 heavy (non-hydrogen) atoms. The van der Waals surface area contributed by atoms with Crippen LogP contribution in [0, 0.1) is 0 Å². The average Bonchev–Trinajstić information content (AvgIpc) is 2.63. The van der Waals surface area contributed by atoms with Crippen LogP contribution in [0.3, 0.4) is 0 Å². The molecule has 1 aliphatic heterocycles. The van der Waals surface area contributed by atoms with Crippen molar-refractivity contribution in [3.8, 4) is 0 Å². The molecule has 3 rings (SSSR count). The summed E-state index contributed by atoms with van der Waals surface area (Å²) in [5.74, 6) is 0. The van der Waals surface area contributed by atoms with Gasteiger partial charge in [-0.3, -0.25) is 4.72 Å². The van der Waals surface area contributed by atoms with Crippen molar-refractivity contribution in [1.82, 2.24) is 4.31 Å². The van der Waals surface area contributed by atoms with Gasteiger partial charge in [-0.2, -0.15) is 4.31 Å². The molecule has 0 bridgehead atoms. The molecule has 1 fully saturated rings. The molecule has 1 aliphatic rings. The molecule has 0 aliphatic carbocycles. The van der Waals surface area contributed by atoms with Crippen LogP contribution in [0.5, 0.6) is 0 Å². The Labute approximate surface area is 147 Å². The SMILES string of the molecule is O=S(=O)(Nc1ccccc1S(=O)(=O)N1CCOCC1)c1ccccc1. The van der Waals surface area contributed by atoms with Crippen molar-refractivity contribution < 1.29 is 21.6 Å². The molecule has 0 saturated carbocycles. The van der Waals surface area contributed by atoms with Gasteiger partial charge in [0.25, 0.3) is 10.0 Å². The van der Waals surface area contributed by atoms with Gasteiger partial charge in [-0.15, -0.1) is 0 Å². The lowest BCUT2D eigenvalue weighted by Crippen LogP contribution is -2.40. The van der Waals surface area contributed by atoms with Gasteiger partial charge in [0.2, 0.25) is 10.0 Å². The lowest BCUT2D eigenvalue weighted by molar-refractivity contribution is 0.0730. The van der Waals surface area contributed by atoms with E-state index in [-0.39, 0.29) is 28.6 Å². The second-order valence-electron chi connectivity index (χ2n) is 5.43. The number of rotatable bonds is 5. The largest absolute Gasteiger partial charge is 0.379 e. The maximum atomic E-state index is 12.9. The second-order valence-corrected chi connectivity index (χ2v) is 9.02. The quantitative estimate of drug-likeness (QED) is 0.846. The van der Waals surface area contributed by atoms with E-state index in [1.54, 1.807) is 30.3 Å². The third-order valence-electron chi connectivity index (χ3n) is 3.77. The van der Waals surface area contributed by atoms with Gasteiger partial charge < -0.3 is 4.74 Å². The predicted octanol–water partition coefficient (Wildman–Crippen LogP) is 1.51. The molecular formula is C16H18N2O5S2. The third-order valence-corrected chi connectivity index (χ3v) is 7.11. The highest BCUT2D eigenvalue weighted by molar-refractivity contribution is 7.93. The van der Waals surface area contributed by atoms with Crippen molar-refractivity contribution >= 4 is 25.7 Å². The number of morpholine rings is 1. The molecule has 134 valence electrons. The molecule has 2 aromatic rings. The Balaban J connectivity index is 1.97. The van der Waals surface area contributed by atoms with Crippen molar-refractivity contribution in [3.05, 3.63) is 54.6 Å². The Morgan fingerprint density at radius 3 is 2.12 bits per heavy atom. The van der Waals surface area contributed by atoms with E-state index in [0.717, 1.165) is 0 Å². The molecule has 0 spiro atoms. The van der Waals surface area contributed by atoms with Gasteiger partial charge in [0.05, 0.1) is 23.8 Å². The Morgan fingerprint density at radius 1 is 0.840 bits per heavy atom. The predicted molar refractivity (Wildman–Crippen MR) is 93.3 cm³/mol. The zero-order valence-corrected chi connectivity index (χ0v) is 15.0. The maximum absolute atomic E-state index is 12.9. The fourth-order valence-corrected chi connectivity index (χ4v) is 5.23. The summed E-state index contributed by atoms with van der Waals surface area (Å²) in [6.07, 6.45) is 0. The number of ether oxygens (including phenoxy) is 1. The van der Waals surface area contributed by atoms with E-state index < -0.39 is 20.0 Å². The fraction of sp³-hybridized carbons (Fsp3) is 0.250. The zero-order chi connectivity index (χ0) is 17.9. The summed E-state index contributed by atoms with van der Waals surface area (Å²) >= 11 is 0. The second kappa shape index (κ2) is 7.12. The van der Waals surface area contributed by atoms with E-state index in [1.165, 1.54) is 28.6 Å². The lowest BCUT2D eigenvalue weighted by Gasteiger charge is -2.27. The van der Waals surface area contributed by atoms with Crippen LogP contribution in [0.2, 0.25) is 0 Å². The Morgan fingerprint density at radius 2 is 1.44 bits per heavy atom. The standard InChI is InChI=1S/C16H18N2O5S2/c19-24(20,14-6-2-1-3-7-14)17-15-8-4-5-9-16(15)25(21,22)18-10-12-23-13-11-18/h1-9,17H,10-13H2. The van der Waals surface area contributed by atoms with Crippen molar-refractivity contribution in [2.45, 2.75) is 9.79 Å². The van der Waals surface area contributed by atoms with Gasteiger partial charge in [-0.1, -0.05) is 30.3 Å². The molecule has 0 aromatic heterocycles. The molecule has 7 nitrogen and oxygen atoms in total. The summed E-state index contributed by atoms with van der Waals surface area (Å²) < 4.78 is 59.6. The van der Waals surface area contributed by atoms with Crippen molar-refractivity contribution in [1.29, 1.82) is 0 Å². The molecule has 0 unspecified atom stereocenters. The number of hydrogen-bond acceptors (Lipinski definition) is 5. The third kappa shape index (κ3) is 3.84. The van der Waals surface area contributed by atoms with E-state index in [9.17, 15) is 16.8 Å². The van der Waals surface area contributed by atoms with Crippen LogP contribution in [0.25, 0.3) is 0 Å². The highest BCUT2D eigenvalue weighted by Gasteiger charge is 2.29. The number of nitrogens with zero attached hydrogens (tertiary/aromatic N) is 1. The highest BCUT2D eigenvalue weighted by atomic mass is 32.2. The zero-order valence-electron chi connectivity index (χ0n) is 13.3. The minimum atomic E-state index is -3.88. The number of benzene rings is 2. The highest BCUT2D eigenvalue weighted by Crippen LogP contribution is 2.27. The van der Waals surface area contributed by atoms with Crippen molar-refractivity contribution in [2.75, 3.05) is 31.0 Å². The van der Waals surface area contributed by atoms with Crippen LogP contribution >= 0.6 is 0 Å². The summed E-state index contributed by atoms with van der Waals surface area (Å²) in [6, 6.07) is 13.8.